The Bertz CT molecular complexity index is 288. The highest BCUT2D eigenvalue weighted by Crippen LogP contribution is 2.25. The second kappa shape index (κ2) is 4.65. The number of aliphatic hydroxyl groups is 1. The molecule has 1 aromatic carbocycles. The molecule has 0 fully saturated rings. The maximum atomic E-state index is 8.81. The van der Waals surface area contributed by atoms with E-state index in [-0.39, 0.29) is 12.0 Å². The number of aliphatic hydroxyl groups excluding tert-OH is 1. The van der Waals surface area contributed by atoms with Crippen LogP contribution < -0.4 is 5.73 Å². The molecule has 0 saturated carbocycles. The fraction of sp³-hybridized carbons (Fsp3) is 0.400. The van der Waals surface area contributed by atoms with Crippen molar-refractivity contribution >= 4 is 11.8 Å². The fourth-order valence-electron chi connectivity index (χ4n) is 1.03. The summed E-state index contributed by atoms with van der Waals surface area (Å²) in [5, 5.41) is 8.59. The Morgan fingerprint density at radius 3 is 2.77 bits per heavy atom. The Hall–Kier alpha value is -0.510. The van der Waals surface area contributed by atoms with Gasteiger partial charge in [0.15, 0.2) is 0 Å². The van der Waals surface area contributed by atoms with Gasteiger partial charge in [-0.3, -0.25) is 0 Å². The van der Waals surface area contributed by atoms with Crippen molar-refractivity contribution in [3.8, 4) is 0 Å². The van der Waals surface area contributed by atoms with Gasteiger partial charge >= 0.3 is 0 Å². The van der Waals surface area contributed by atoms with E-state index in [1.165, 1.54) is 22.9 Å². The first-order valence-corrected chi connectivity index (χ1v) is 5.12. The molecule has 0 aliphatic carbocycles. The minimum absolute atomic E-state index is 0.0120. The van der Waals surface area contributed by atoms with Crippen molar-refractivity contribution in [3.63, 3.8) is 0 Å². The normalized spacial score (nSPS) is 12.9. The Labute approximate surface area is 83.1 Å². The van der Waals surface area contributed by atoms with Crippen molar-refractivity contribution in [2.24, 2.45) is 5.73 Å². The molecule has 72 valence electrons. The number of hydrogen-bond donors (Lipinski definition) is 2. The molecule has 0 aromatic heterocycles. The molecule has 0 heterocycles. The first-order valence-electron chi connectivity index (χ1n) is 4.24. The van der Waals surface area contributed by atoms with Crippen LogP contribution in [0.2, 0.25) is 0 Å². The molecule has 1 atom stereocenters. The predicted molar refractivity (Wildman–Crippen MR) is 56.8 cm³/mol. The van der Waals surface area contributed by atoms with E-state index in [2.05, 4.69) is 18.2 Å². The second-order valence-electron chi connectivity index (χ2n) is 3.11. The maximum Gasteiger partial charge on any atom is 0.0789 e. The predicted octanol–water partition coefficient (Wildman–Crippen LogP) is 1.67. The van der Waals surface area contributed by atoms with Gasteiger partial charge in [-0.05, 0) is 31.0 Å². The summed E-state index contributed by atoms with van der Waals surface area (Å²) in [7, 11) is 0. The third kappa shape index (κ3) is 3.03. The number of rotatable bonds is 3. The lowest BCUT2D eigenvalue weighted by molar-refractivity contribution is 0.296. The Balaban J connectivity index is 2.81. The van der Waals surface area contributed by atoms with Crippen molar-refractivity contribution in [2.45, 2.75) is 24.1 Å². The van der Waals surface area contributed by atoms with Crippen molar-refractivity contribution < 1.29 is 5.11 Å². The Morgan fingerprint density at radius 1 is 1.46 bits per heavy atom. The summed E-state index contributed by atoms with van der Waals surface area (Å²) < 4.78 is 0. The topological polar surface area (TPSA) is 46.2 Å². The average molecular weight is 197 g/mol. The summed E-state index contributed by atoms with van der Waals surface area (Å²) in [5.41, 5.74) is 8.07. The molecule has 0 saturated heterocycles. The van der Waals surface area contributed by atoms with Gasteiger partial charge in [0.2, 0.25) is 0 Å². The average Bonchev–Trinajstić information content (AvgIpc) is 2.11. The summed E-state index contributed by atoms with van der Waals surface area (Å²) >= 11 is 1.51. The highest BCUT2D eigenvalue weighted by Gasteiger charge is 2.05. The fourth-order valence-corrected chi connectivity index (χ4v) is 1.94. The molecule has 0 aliphatic heterocycles. The summed E-state index contributed by atoms with van der Waals surface area (Å²) in [6.07, 6.45) is 0. The molecule has 1 aromatic rings. The van der Waals surface area contributed by atoms with Gasteiger partial charge in [0.1, 0.15) is 0 Å². The lowest BCUT2D eigenvalue weighted by Gasteiger charge is -2.10. The van der Waals surface area contributed by atoms with E-state index in [0.29, 0.717) is 0 Å². The van der Waals surface area contributed by atoms with Crippen LogP contribution in [0.25, 0.3) is 0 Å². The van der Waals surface area contributed by atoms with Crippen LogP contribution in [-0.4, -0.2) is 17.1 Å². The lowest BCUT2D eigenvalue weighted by Crippen LogP contribution is -2.19. The molecule has 3 heteroatoms. The minimum Gasteiger partial charge on any atom is -0.394 e. The highest BCUT2D eigenvalue weighted by molar-refractivity contribution is 8.00. The molecule has 13 heavy (non-hydrogen) atoms. The largest absolute Gasteiger partial charge is 0.394 e. The van der Waals surface area contributed by atoms with Crippen LogP contribution in [0.15, 0.2) is 23.1 Å². The van der Waals surface area contributed by atoms with E-state index in [0.717, 1.165) is 4.90 Å². The van der Waals surface area contributed by atoms with Crippen molar-refractivity contribution in [1.82, 2.24) is 0 Å². The first kappa shape index (κ1) is 10.6. The molecule has 1 rings (SSSR count). The molecule has 1 unspecified atom stereocenters. The smallest absolute Gasteiger partial charge is 0.0789 e. The van der Waals surface area contributed by atoms with E-state index >= 15 is 0 Å². The molecule has 0 bridgehead atoms. The van der Waals surface area contributed by atoms with Crippen LogP contribution in [0.3, 0.4) is 0 Å². The molecular weight excluding hydrogens is 182 g/mol. The van der Waals surface area contributed by atoms with Crippen molar-refractivity contribution in [2.75, 3.05) is 6.61 Å². The van der Waals surface area contributed by atoms with E-state index < -0.39 is 0 Å². The van der Waals surface area contributed by atoms with Crippen molar-refractivity contribution in [1.29, 1.82) is 0 Å². The Morgan fingerprint density at radius 2 is 2.15 bits per heavy atom. The van der Waals surface area contributed by atoms with Crippen molar-refractivity contribution in [3.05, 3.63) is 29.3 Å². The monoisotopic (exact) mass is 197 g/mol. The third-order valence-corrected chi connectivity index (χ3v) is 2.95. The standard InChI is InChI=1S/C10H15NOS/c1-7-3-4-8(2)9(5-7)13-10(11)6-12/h3-5,10,12H,6,11H2,1-2H3. The Kier molecular flexibility index (Phi) is 3.78. The summed E-state index contributed by atoms with van der Waals surface area (Å²) in [5.74, 6) is 0. The lowest BCUT2D eigenvalue weighted by atomic mass is 10.2. The molecule has 0 aliphatic rings. The molecule has 3 N–H and O–H groups in total. The zero-order valence-electron chi connectivity index (χ0n) is 7.95. The summed E-state index contributed by atoms with van der Waals surface area (Å²) in [6.45, 7) is 4.11. The number of aryl methyl sites for hydroxylation is 2. The molecule has 0 amide bonds. The van der Waals surface area contributed by atoms with Gasteiger partial charge in [0, 0.05) is 4.90 Å². The summed E-state index contributed by atoms with van der Waals surface area (Å²) in [4.78, 5) is 1.15. The van der Waals surface area contributed by atoms with Crippen LogP contribution in [0.5, 0.6) is 0 Å². The van der Waals surface area contributed by atoms with E-state index in [9.17, 15) is 0 Å². The summed E-state index contributed by atoms with van der Waals surface area (Å²) in [6, 6.07) is 6.24. The maximum absolute atomic E-state index is 8.81. The van der Waals surface area contributed by atoms with Gasteiger partial charge in [0.25, 0.3) is 0 Å². The van der Waals surface area contributed by atoms with Gasteiger partial charge in [0.05, 0.1) is 12.0 Å². The van der Waals surface area contributed by atoms with Crippen LogP contribution in [-0.2, 0) is 0 Å². The van der Waals surface area contributed by atoms with Gasteiger partial charge in [-0.1, -0.05) is 12.1 Å². The first-order chi connectivity index (χ1) is 6.13. The number of thioether (sulfide) groups is 1. The highest BCUT2D eigenvalue weighted by atomic mass is 32.2. The third-order valence-electron chi connectivity index (χ3n) is 1.80. The van der Waals surface area contributed by atoms with Gasteiger partial charge < -0.3 is 10.8 Å². The van der Waals surface area contributed by atoms with E-state index in [1.807, 2.05) is 13.8 Å². The zero-order valence-corrected chi connectivity index (χ0v) is 8.77. The van der Waals surface area contributed by atoms with Gasteiger partial charge in [-0.2, -0.15) is 0 Å². The molecule has 0 spiro atoms. The quantitative estimate of drug-likeness (QED) is 0.572. The van der Waals surface area contributed by atoms with Crippen LogP contribution in [0, 0.1) is 13.8 Å². The van der Waals surface area contributed by atoms with E-state index in [4.69, 9.17) is 10.8 Å². The molecule has 2 nitrogen and oxygen atoms in total. The molecular formula is C10H15NOS. The van der Waals surface area contributed by atoms with Crippen LogP contribution in [0.4, 0.5) is 0 Å². The van der Waals surface area contributed by atoms with Gasteiger partial charge in [-0.25, -0.2) is 0 Å². The van der Waals surface area contributed by atoms with E-state index in [1.54, 1.807) is 0 Å². The number of hydrogen-bond acceptors (Lipinski definition) is 3. The number of nitrogens with two attached hydrogens (primary N) is 1. The van der Waals surface area contributed by atoms with Crippen LogP contribution in [0.1, 0.15) is 11.1 Å². The zero-order chi connectivity index (χ0) is 9.84. The van der Waals surface area contributed by atoms with Gasteiger partial charge in [-0.15, -0.1) is 11.8 Å². The molecule has 0 radical (unpaired) electrons. The SMILES string of the molecule is Cc1ccc(C)c(SC(N)CO)c1. The second-order valence-corrected chi connectivity index (χ2v) is 4.39. The number of benzene rings is 1. The minimum atomic E-state index is -0.222. The van der Waals surface area contributed by atoms with Crippen LogP contribution >= 0.6 is 11.8 Å².